The van der Waals surface area contributed by atoms with E-state index in [9.17, 15) is 13.7 Å². The Morgan fingerprint density at radius 3 is 1.86 bits per heavy atom. The molecule has 1 atom stereocenters. The number of unbranched alkanes of at least 4 members (excludes halogenated alkanes) is 5. The highest BCUT2D eigenvalue weighted by molar-refractivity contribution is 7.90. The average Bonchev–Trinajstić information content (AvgIpc) is 2.47. The van der Waals surface area contributed by atoms with Gasteiger partial charge < -0.3 is 0 Å². The molecule has 0 spiro atoms. The van der Waals surface area contributed by atoms with Crippen LogP contribution < -0.4 is 0 Å². The molecule has 0 aromatic carbocycles. The van der Waals surface area contributed by atoms with Crippen LogP contribution in [0.3, 0.4) is 0 Å². The summed E-state index contributed by atoms with van der Waals surface area (Å²) in [7, 11) is -3.47. The molecule has 0 aliphatic carbocycles. The summed E-state index contributed by atoms with van der Waals surface area (Å²) in [4.78, 5) is 0. The summed E-state index contributed by atoms with van der Waals surface area (Å²) in [6, 6.07) is 2.02. The molecule has 0 saturated carbocycles. The molecule has 0 aromatic heterocycles. The summed E-state index contributed by atoms with van der Waals surface area (Å²) in [5, 5.41) is 8.39. The van der Waals surface area contributed by atoms with Gasteiger partial charge in [-0.25, -0.2) is 12.7 Å². The highest BCUT2D eigenvalue weighted by atomic mass is 32.2. The van der Waals surface area contributed by atoms with Gasteiger partial charge >= 0.3 is 0 Å². The Balaban J connectivity index is 4.74. The molecular weight excluding hydrogens is 284 g/mol. The van der Waals surface area contributed by atoms with Crippen LogP contribution in [0.25, 0.3) is 0 Å². The van der Waals surface area contributed by atoms with Gasteiger partial charge in [0.1, 0.15) is 0 Å². The summed E-state index contributed by atoms with van der Waals surface area (Å²) < 4.78 is 26.8. The van der Waals surface area contributed by atoms with Gasteiger partial charge in [0.25, 0.3) is 0 Å². The highest BCUT2D eigenvalue weighted by Gasteiger charge is 2.30. The summed E-state index contributed by atoms with van der Waals surface area (Å²) in [5.74, 6) is 0. The van der Waals surface area contributed by atoms with Crippen molar-refractivity contribution >= 4 is 10.0 Å². The maximum atomic E-state index is 12.6. The molecule has 0 N–H and O–H groups in total. The van der Waals surface area contributed by atoms with Gasteiger partial charge in [-0.3, -0.25) is 0 Å². The van der Waals surface area contributed by atoms with Gasteiger partial charge in [0.05, 0.1) is 6.07 Å². The van der Waals surface area contributed by atoms with Crippen molar-refractivity contribution in [2.75, 3.05) is 13.1 Å². The van der Waals surface area contributed by atoms with Gasteiger partial charge in [0.15, 0.2) is 5.25 Å². The van der Waals surface area contributed by atoms with E-state index in [1.807, 2.05) is 6.07 Å². The summed E-state index contributed by atoms with van der Waals surface area (Å²) in [5.41, 5.74) is 0. The fourth-order valence-corrected chi connectivity index (χ4v) is 3.98. The quantitative estimate of drug-likeness (QED) is 0.481. The van der Waals surface area contributed by atoms with Crippen molar-refractivity contribution in [3.63, 3.8) is 0 Å². The first-order chi connectivity index (χ1) is 10.0. The number of hydrogen-bond acceptors (Lipinski definition) is 3. The molecule has 0 fully saturated rings. The number of hydrogen-bond donors (Lipinski definition) is 0. The van der Waals surface area contributed by atoms with Crippen molar-refractivity contribution in [3.05, 3.63) is 0 Å². The molecule has 0 aliphatic heterocycles. The topological polar surface area (TPSA) is 61.2 Å². The Morgan fingerprint density at radius 1 is 0.905 bits per heavy atom. The molecule has 0 rings (SSSR count). The van der Waals surface area contributed by atoms with Crippen LogP contribution in [0.15, 0.2) is 0 Å². The van der Waals surface area contributed by atoms with E-state index in [-0.39, 0.29) is 0 Å². The van der Waals surface area contributed by atoms with E-state index in [0.717, 1.165) is 51.4 Å². The molecule has 1 unspecified atom stereocenters. The van der Waals surface area contributed by atoms with Crippen LogP contribution in [-0.2, 0) is 10.0 Å². The minimum Gasteiger partial charge on any atom is -0.211 e. The van der Waals surface area contributed by atoms with Crippen LogP contribution in [0.1, 0.15) is 78.6 Å². The molecule has 0 saturated heterocycles. The number of nitrogens with zero attached hydrogens (tertiary/aromatic N) is 2. The van der Waals surface area contributed by atoms with Crippen LogP contribution in [0, 0.1) is 11.3 Å². The Morgan fingerprint density at radius 2 is 1.43 bits per heavy atom. The third-order valence-electron chi connectivity index (χ3n) is 3.71. The predicted octanol–water partition coefficient (Wildman–Crippen LogP) is 4.08. The van der Waals surface area contributed by atoms with E-state index >= 15 is 0 Å². The molecule has 0 aromatic rings. The largest absolute Gasteiger partial charge is 0.230 e. The molecule has 0 heterocycles. The van der Waals surface area contributed by atoms with Gasteiger partial charge in [-0.05, 0) is 19.3 Å². The fraction of sp³-hybridized carbons (Fsp3) is 0.938. The van der Waals surface area contributed by atoms with Crippen LogP contribution in [0.4, 0.5) is 0 Å². The summed E-state index contributed by atoms with van der Waals surface area (Å²) in [6.45, 7) is 7.32. The van der Waals surface area contributed by atoms with E-state index < -0.39 is 15.3 Å². The molecule has 0 radical (unpaired) electrons. The molecule has 124 valence electrons. The highest BCUT2D eigenvalue weighted by Crippen LogP contribution is 2.17. The minimum absolute atomic E-state index is 0.466. The van der Waals surface area contributed by atoms with Gasteiger partial charge in [0.2, 0.25) is 10.0 Å². The van der Waals surface area contributed by atoms with E-state index in [2.05, 4.69) is 20.8 Å². The summed E-state index contributed by atoms with van der Waals surface area (Å²) >= 11 is 0. The maximum absolute atomic E-state index is 12.6. The SMILES string of the molecule is CCCCCCC(C#N)S(=O)(=O)N(CCCC)CCCC. The Bertz CT molecular complexity index is 380. The minimum atomic E-state index is -3.47. The van der Waals surface area contributed by atoms with Crippen LogP contribution in [-0.4, -0.2) is 31.1 Å². The predicted molar refractivity (Wildman–Crippen MR) is 88.5 cm³/mol. The average molecular weight is 317 g/mol. The Labute approximate surface area is 131 Å². The van der Waals surface area contributed by atoms with Crippen LogP contribution >= 0.6 is 0 Å². The van der Waals surface area contributed by atoms with Crippen molar-refractivity contribution in [1.82, 2.24) is 4.31 Å². The van der Waals surface area contributed by atoms with Crippen molar-refractivity contribution < 1.29 is 8.42 Å². The first kappa shape index (κ1) is 20.4. The van der Waals surface area contributed by atoms with Gasteiger partial charge in [-0.1, -0.05) is 59.3 Å². The third kappa shape index (κ3) is 7.82. The molecule has 4 nitrogen and oxygen atoms in total. The van der Waals surface area contributed by atoms with Crippen molar-refractivity contribution in [2.45, 2.75) is 83.8 Å². The first-order valence-electron chi connectivity index (χ1n) is 8.43. The molecule has 21 heavy (non-hydrogen) atoms. The molecular formula is C16H32N2O2S. The standard InChI is InChI=1S/C16H32N2O2S/c1-4-7-10-11-12-16(15-17)21(19,20)18(13-8-5-2)14-9-6-3/h16H,4-14H2,1-3H3. The lowest BCUT2D eigenvalue weighted by atomic mass is 10.1. The fourth-order valence-electron chi connectivity index (χ4n) is 2.25. The second-order valence-electron chi connectivity index (χ2n) is 5.62. The zero-order valence-electron chi connectivity index (χ0n) is 14.0. The first-order valence-corrected chi connectivity index (χ1v) is 9.93. The zero-order chi connectivity index (χ0) is 16.1. The number of nitriles is 1. The second kappa shape index (κ2) is 12.0. The van der Waals surface area contributed by atoms with Crippen LogP contribution in [0.5, 0.6) is 0 Å². The Hall–Kier alpha value is -0.600. The zero-order valence-corrected chi connectivity index (χ0v) is 14.8. The molecule has 0 amide bonds. The smallest absolute Gasteiger partial charge is 0.211 e. The summed E-state index contributed by atoms with van der Waals surface area (Å²) in [6.07, 6.45) is 8.16. The van der Waals surface area contributed by atoms with E-state index in [1.54, 1.807) is 4.31 Å². The van der Waals surface area contributed by atoms with E-state index in [1.165, 1.54) is 0 Å². The molecule has 0 aliphatic rings. The number of rotatable bonds is 13. The number of sulfonamides is 1. The van der Waals surface area contributed by atoms with Gasteiger partial charge in [0, 0.05) is 13.1 Å². The van der Waals surface area contributed by atoms with Gasteiger partial charge in [-0.15, -0.1) is 0 Å². The normalized spacial score (nSPS) is 13.3. The van der Waals surface area contributed by atoms with Gasteiger partial charge in [-0.2, -0.15) is 5.26 Å². The lowest BCUT2D eigenvalue weighted by Crippen LogP contribution is -2.39. The van der Waals surface area contributed by atoms with Crippen molar-refractivity contribution in [1.29, 1.82) is 5.26 Å². The Kier molecular flexibility index (Phi) is 11.7. The van der Waals surface area contributed by atoms with E-state index in [0.29, 0.717) is 19.5 Å². The monoisotopic (exact) mass is 316 g/mol. The lowest BCUT2D eigenvalue weighted by molar-refractivity contribution is 0.390. The van der Waals surface area contributed by atoms with E-state index in [4.69, 9.17) is 0 Å². The lowest BCUT2D eigenvalue weighted by Gasteiger charge is -2.24. The van der Waals surface area contributed by atoms with Crippen molar-refractivity contribution in [3.8, 4) is 6.07 Å². The van der Waals surface area contributed by atoms with Crippen molar-refractivity contribution in [2.24, 2.45) is 0 Å². The third-order valence-corrected chi connectivity index (χ3v) is 5.85. The maximum Gasteiger partial charge on any atom is 0.230 e. The van der Waals surface area contributed by atoms with Crippen LogP contribution in [0.2, 0.25) is 0 Å². The molecule has 0 bridgehead atoms. The second-order valence-corrected chi connectivity index (χ2v) is 7.73. The molecule has 5 heteroatoms.